The molecule has 2 rings (SSSR count). The molecule has 0 bridgehead atoms. The van der Waals surface area contributed by atoms with Crippen LogP contribution in [-0.2, 0) is 11.2 Å². The molecule has 0 amide bonds. The third kappa shape index (κ3) is 1.72. The summed E-state index contributed by atoms with van der Waals surface area (Å²) in [5, 5.41) is 9.23. The molecule has 4 heteroatoms. The number of benzene rings is 1. The molecule has 2 atom stereocenters. The van der Waals surface area contributed by atoms with Gasteiger partial charge in [0.2, 0.25) is 6.17 Å². The summed E-state index contributed by atoms with van der Waals surface area (Å²) < 4.78 is 13.4. The van der Waals surface area contributed by atoms with E-state index in [0.717, 1.165) is 11.1 Å². The highest BCUT2D eigenvalue weighted by Gasteiger charge is 2.34. The average molecular weight is 229 g/mol. The van der Waals surface area contributed by atoms with Gasteiger partial charge in [0.1, 0.15) is 0 Å². The van der Waals surface area contributed by atoms with Gasteiger partial charge in [0.25, 0.3) is 0 Å². The van der Waals surface area contributed by atoms with Crippen molar-refractivity contribution < 1.29 is 14.3 Å². The van der Waals surface area contributed by atoms with Crippen molar-refractivity contribution in [3.05, 3.63) is 34.3 Å². The standard InChI is InChI=1S/C11H10ClFO2/c12-9-3-1-2-6-7(9)4-5-8(6)10(13)11(14)15/h1-3,8,10H,4-5H2,(H,14,15). The molecule has 1 aromatic rings. The highest BCUT2D eigenvalue weighted by Crippen LogP contribution is 2.39. The lowest BCUT2D eigenvalue weighted by Crippen LogP contribution is -2.21. The minimum atomic E-state index is -1.83. The van der Waals surface area contributed by atoms with Crippen molar-refractivity contribution in [1.29, 1.82) is 0 Å². The molecule has 0 fully saturated rings. The summed E-state index contributed by atoms with van der Waals surface area (Å²) in [7, 11) is 0. The van der Waals surface area contributed by atoms with Gasteiger partial charge in [0.05, 0.1) is 0 Å². The monoisotopic (exact) mass is 228 g/mol. The zero-order valence-electron chi connectivity index (χ0n) is 7.91. The van der Waals surface area contributed by atoms with Crippen LogP contribution in [0.2, 0.25) is 5.02 Å². The van der Waals surface area contributed by atoms with Crippen LogP contribution in [0.15, 0.2) is 18.2 Å². The van der Waals surface area contributed by atoms with Crippen LogP contribution in [0.1, 0.15) is 23.5 Å². The average Bonchev–Trinajstić information content (AvgIpc) is 2.61. The fraction of sp³-hybridized carbons (Fsp3) is 0.364. The van der Waals surface area contributed by atoms with E-state index in [4.69, 9.17) is 16.7 Å². The predicted molar refractivity (Wildman–Crippen MR) is 55.0 cm³/mol. The second-order valence-electron chi connectivity index (χ2n) is 3.69. The molecule has 1 aromatic carbocycles. The topological polar surface area (TPSA) is 37.3 Å². The highest BCUT2D eigenvalue weighted by atomic mass is 35.5. The summed E-state index contributed by atoms with van der Waals surface area (Å²) >= 11 is 5.95. The van der Waals surface area contributed by atoms with E-state index < -0.39 is 18.1 Å². The molecule has 2 unspecified atom stereocenters. The normalized spacial score (nSPS) is 21.1. The molecule has 15 heavy (non-hydrogen) atoms. The summed E-state index contributed by atoms with van der Waals surface area (Å²) in [5.74, 6) is -1.94. The number of aliphatic carboxylic acids is 1. The number of rotatable bonds is 2. The summed E-state index contributed by atoms with van der Waals surface area (Å²) in [4.78, 5) is 10.6. The zero-order valence-corrected chi connectivity index (χ0v) is 8.67. The van der Waals surface area contributed by atoms with E-state index in [9.17, 15) is 9.18 Å². The smallest absolute Gasteiger partial charge is 0.338 e. The first-order valence-corrected chi connectivity index (χ1v) is 5.13. The van der Waals surface area contributed by atoms with Crippen molar-refractivity contribution in [2.75, 3.05) is 0 Å². The Kier molecular flexibility index (Phi) is 2.65. The van der Waals surface area contributed by atoms with Crippen LogP contribution in [-0.4, -0.2) is 17.2 Å². The molecule has 1 aliphatic carbocycles. The first kappa shape index (κ1) is 10.4. The van der Waals surface area contributed by atoms with Gasteiger partial charge < -0.3 is 5.11 Å². The molecule has 80 valence electrons. The SMILES string of the molecule is O=C(O)C(F)C1CCc2c(Cl)cccc21. The number of hydrogen-bond donors (Lipinski definition) is 1. The van der Waals surface area contributed by atoms with E-state index >= 15 is 0 Å². The van der Waals surface area contributed by atoms with Crippen molar-refractivity contribution in [2.45, 2.75) is 24.9 Å². The Morgan fingerprint density at radius 3 is 3.00 bits per heavy atom. The first-order chi connectivity index (χ1) is 7.11. The van der Waals surface area contributed by atoms with Crippen LogP contribution >= 0.6 is 11.6 Å². The number of carbonyl (C=O) groups is 1. The molecule has 0 saturated heterocycles. The second kappa shape index (κ2) is 3.81. The fourth-order valence-corrected chi connectivity index (χ4v) is 2.39. The van der Waals surface area contributed by atoms with Crippen molar-refractivity contribution in [2.24, 2.45) is 0 Å². The van der Waals surface area contributed by atoms with Crippen molar-refractivity contribution in [3.63, 3.8) is 0 Å². The minimum Gasteiger partial charge on any atom is -0.479 e. The number of fused-ring (bicyclic) bond motifs is 1. The van der Waals surface area contributed by atoms with E-state index in [2.05, 4.69) is 0 Å². The Balaban J connectivity index is 2.37. The molecule has 0 heterocycles. The molecule has 0 aromatic heterocycles. The van der Waals surface area contributed by atoms with Gasteiger partial charge in [-0.3, -0.25) is 0 Å². The molecule has 0 saturated carbocycles. The Hall–Kier alpha value is -1.09. The van der Waals surface area contributed by atoms with Crippen LogP contribution < -0.4 is 0 Å². The maximum atomic E-state index is 13.4. The second-order valence-corrected chi connectivity index (χ2v) is 4.10. The van der Waals surface area contributed by atoms with Gasteiger partial charge in [0, 0.05) is 10.9 Å². The zero-order chi connectivity index (χ0) is 11.0. The Labute approximate surface area is 91.7 Å². The van der Waals surface area contributed by atoms with E-state index in [1.807, 2.05) is 0 Å². The lowest BCUT2D eigenvalue weighted by Gasteiger charge is -2.12. The van der Waals surface area contributed by atoms with E-state index in [1.165, 1.54) is 0 Å². The number of alkyl halides is 1. The van der Waals surface area contributed by atoms with Crippen LogP contribution in [0.5, 0.6) is 0 Å². The summed E-state index contributed by atoms with van der Waals surface area (Å²) in [6.07, 6.45) is -0.649. The van der Waals surface area contributed by atoms with Crippen LogP contribution in [0.4, 0.5) is 4.39 Å². The molecule has 0 spiro atoms. The van der Waals surface area contributed by atoms with Gasteiger partial charge in [-0.1, -0.05) is 23.7 Å². The number of carboxylic acids is 1. The number of hydrogen-bond acceptors (Lipinski definition) is 1. The van der Waals surface area contributed by atoms with Crippen LogP contribution in [0.3, 0.4) is 0 Å². The Bertz CT molecular complexity index is 406. The molecule has 1 aliphatic rings. The quantitative estimate of drug-likeness (QED) is 0.845. The Morgan fingerprint density at radius 1 is 1.60 bits per heavy atom. The van der Waals surface area contributed by atoms with Crippen molar-refractivity contribution in [3.8, 4) is 0 Å². The fourth-order valence-electron chi connectivity index (χ4n) is 2.12. The van der Waals surface area contributed by atoms with E-state index in [1.54, 1.807) is 18.2 Å². The lowest BCUT2D eigenvalue weighted by molar-refractivity contribution is -0.143. The largest absolute Gasteiger partial charge is 0.479 e. The number of carboxylic acid groups (broad SMARTS) is 1. The minimum absolute atomic E-state index is 0.520. The van der Waals surface area contributed by atoms with Gasteiger partial charge in [-0.2, -0.15) is 0 Å². The summed E-state index contributed by atoms with van der Waals surface area (Å²) in [6.45, 7) is 0. The maximum Gasteiger partial charge on any atom is 0.338 e. The van der Waals surface area contributed by atoms with E-state index in [0.29, 0.717) is 17.9 Å². The molecule has 2 nitrogen and oxygen atoms in total. The van der Waals surface area contributed by atoms with Crippen LogP contribution in [0.25, 0.3) is 0 Å². The molecular formula is C11H10ClFO2. The lowest BCUT2D eigenvalue weighted by atomic mass is 9.96. The van der Waals surface area contributed by atoms with Gasteiger partial charge in [-0.05, 0) is 30.0 Å². The Morgan fingerprint density at radius 2 is 2.33 bits per heavy atom. The highest BCUT2D eigenvalue weighted by molar-refractivity contribution is 6.31. The van der Waals surface area contributed by atoms with Crippen molar-refractivity contribution >= 4 is 17.6 Å². The molecule has 1 N–H and O–H groups in total. The van der Waals surface area contributed by atoms with Crippen molar-refractivity contribution in [1.82, 2.24) is 0 Å². The number of halogens is 2. The first-order valence-electron chi connectivity index (χ1n) is 4.75. The van der Waals surface area contributed by atoms with Gasteiger partial charge in [0.15, 0.2) is 0 Å². The summed E-state index contributed by atoms with van der Waals surface area (Å²) in [5.41, 5.74) is 1.64. The third-order valence-electron chi connectivity index (χ3n) is 2.85. The third-order valence-corrected chi connectivity index (χ3v) is 3.20. The van der Waals surface area contributed by atoms with Crippen LogP contribution in [0, 0.1) is 0 Å². The molecular weight excluding hydrogens is 219 g/mol. The van der Waals surface area contributed by atoms with Gasteiger partial charge >= 0.3 is 5.97 Å². The molecule has 0 aliphatic heterocycles. The van der Waals surface area contributed by atoms with E-state index in [-0.39, 0.29) is 0 Å². The predicted octanol–water partition coefficient (Wildman–Crippen LogP) is 2.79. The van der Waals surface area contributed by atoms with Gasteiger partial charge in [-0.15, -0.1) is 0 Å². The molecule has 0 radical (unpaired) electrons. The van der Waals surface area contributed by atoms with Gasteiger partial charge in [-0.25, -0.2) is 9.18 Å². The summed E-state index contributed by atoms with van der Waals surface area (Å²) in [6, 6.07) is 5.24. The maximum absolute atomic E-state index is 13.4.